The molecule has 0 bridgehead atoms. The van der Waals surface area contributed by atoms with E-state index in [-0.39, 0.29) is 30.0 Å². The summed E-state index contributed by atoms with van der Waals surface area (Å²) in [5, 5.41) is 8.98. The summed E-state index contributed by atoms with van der Waals surface area (Å²) in [4.78, 5) is 8.10. The number of thiophene rings is 1. The first-order chi connectivity index (χ1) is 12.2. The van der Waals surface area contributed by atoms with Gasteiger partial charge in [-0.2, -0.15) is 0 Å². The van der Waals surface area contributed by atoms with Gasteiger partial charge in [-0.25, -0.2) is 0 Å². The van der Waals surface area contributed by atoms with Crippen molar-refractivity contribution in [3.05, 3.63) is 50.6 Å². The van der Waals surface area contributed by atoms with E-state index in [0.29, 0.717) is 0 Å². The van der Waals surface area contributed by atoms with E-state index in [1.807, 2.05) is 7.05 Å². The third kappa shape index (κ3) is 5.85. The Kier molecular flexibility index (Phi) is 8.69. The smallest absolute Gasteiger partial charge is 0.191 e. The van der Waals surface area contributed by atoms with Crippen molar-refractivity contribution in [2.24, 2.45) is 4.99 Å². The fourth-order valence-electron chi connectivity index (χ4n) is 3.07. The van der Waals surface area contributed by atoms with E-state index in [2.05, 4.69) is 79.1 Å². The molecular formula is C19H26BrIN4S. The molecule has 1 aromatic heterocycles. The zero-order valence-electron chi connectivity index (χ0n) is 15.2. The largest absolute Gasteiger partial charge is 0.372 e. The van der Waals surface area contributed by atoms with Gasteiger partial charge in [0.05, 0.1) is 12.6 Å². The summed E-state index contributed by atoms with van der Waals surface area (Å²) in [7, 11) is 1.81. The average Bonchev–Trinajstić information content (AvgIpc) is 3.30. The van der Waals surface area contributed by atoms with E-state index in [0.717, 1.165) is 17.0 Å². The Balaban J connectivity index is 0.00000243. The number of hydrogen-bond donors (Lipinski definition) is 2. The van der Waals surface area contributed by atoms with Gasteiger partial charge in [-0.3, -0.25) is 4.99 Å². The van der Waals surface area contributed by atoms with Gasteiger partial charge in [0.1, 0.15) is 0 Å². The molecule has 142 valence electrons. The van der Waals surface area contributed by atoms with Crippen molar-refractivity contribution in [3.8, 4) is 0 Å². The highest BCUT2D eigenvalue weighted by Gasteiger charge is 2.14. The van der Waals surface area contributed by atoms with Crippen LogP contribution in [0.4, 0.5) is 5.69 Å². The standard InChI is InChI=1S/C19H25BrN4S.HI/c1-14(15-6-5-7-17(10-15)24-8-3-4-9-24)23-19(21-2)22-12-18-11-16(20)13-25-18;/h5-7,10-11,13-14H,3-4,8-9,12H2,1-2H3,(H2,21,22,23);1H. The van der Waals surface area contributed by atoms with Crippen molar-refractivity contribution in [1.82, 2.24) is 10.6 Å². The average molecular weight is 549 g/mol. The molecule has 1 saturated heterocycles. The van der Waals surface area contributed by atoms with Gasteiger partial charge >= 0.3 is 0 Å². The third-order valence-corrected chi connectivity index (χ3v) is 6.17. The molecule has 7 heteroatoms. The number of rotatable bonds is 5. The summed E-state index contributed by atoms with van der Waals surface area (Å²) in [5.74, 6) is 0.823. The van der Waals surface area contributed by atoms with Crippen molar-refractivity contribution in [2.45, 2.75) is 32.4 Å². The van der Waals surface area contributed by atoms with E-state index in [1.54, 1.807) is 11.3 Å². The summed E-state index contributed by atoms with van der Waals surface area (Å²) < 4.78 is 1.13. The monoisotopic (exact) mass is 548 g/mol. The van der Waals surface area contributed by atoms with Crippen LogP contribution >= 0.6 is 51.2 Å². The van der Waals surface area contributed by atoms with Crippen molar-refractivity contribution in [3.63, 3.8) is 0 Å². The Bertz CT molecular complexity index is 728. The topological polar surface area (TPSA) is 39.7 Å². The van der Waals surface area contributed by atoms with Crippen LogP contribution in [-0.4, -0.2) is 26.1 Å². The number of anilines is 1. The van der Waals surface area contributed by atoms with Crippen LogP contribution in [-0.2, 0) is 6.54 Å². The lowest BCUT2D eigenvalue weighted by molar-refractivity contribution is 0.686. The van der Waals surface area contributed by atoms with E-state index >= 15 is 0 Å². The molecule has 0 aliphatic carbocycles. The summed E-state index contributed by atoms with van der Waals surface area (Å²) >= 11 is 5.23. The lowest BCUT2D eigenvalue weighted by atomic mass is 10.1. The van der Waals surface area contributed by atoms with Crippen molar-refractivity contribution >= 4 is 62.9 Å². The molecule has 0 saturated carbocycles. The number of halogens is 2. The second-order valence-electron chi connectivity index (χ2n) is 6.31. The number of guanidine groups is 1. The molecule has 0 radical (unpaired) electrons. The SMILES string of the molecule is CN=C(NCc1cc(Br)cs1)NC(C)c1cccc(N2CCCC2)c1.I. The van der Waals surface area contributed by atoms with Gasteiger partial charge in [0.25, 0.3) is 0 Å². The van der Waals surface area contributed by atoms with Crippen molar-refractivity contribution < 1.29 is 0 Å². The van der Waals surface area contributed by atoms with Crippen molar-refractivity contribution in [2.75, 3.05) is 25.0 Å². The minimum atomic E-state index is 0. The zero-order chi connectivity index (χ0) is 17.6. The highest BCUT2D eigenvalue weighted by Crippen LogP contribution is 2.24. The molecule has 1 aliphatic rings. The number of nitrogens with one attached hydrogen (secondary N) is 2. The summed E-state index contributed by atoms with van der Waals surface area (Å²) in [5.41, 5.74) is 2.61. The van der Waals surface area contributed by atoms with Gasteiger partial charge in [0.15, 0.2) is 5.96 Å². The molecule has 26 heavy (non-hydrogen) atoms. The first kappa shape index (κ1) is 21.5. The Morgan fingerprint density at radius 3 is 2.73 bits per heavy atom. The first-order valence-electron chi connectivity index (χ1n) is 8.70. The van der Waals surface area contributed by atoms with E-state index in [4.69, 9.17) is 0 Å². The van der Waals surface area contributed by atoms with Crippen LogP contribution in [0, 0.1) is 0 Å². The number of hydrogen-bond acceptors (Lipinski definition) is 3. The van der Waals surface area contributed by atoms with Crippen molar-refractivity contribution in [1.29, 1.82) is 0 Å². The van der Waals surface area contributed by atoms with Crippen LogP contribution in [0.25, 0.3) is 0 Å². The van der Waals surface area contributed by atoms with Gasteiger partial charge in [-0.1, -0.05) is 12.1 Å². The molecule has 2 N–H and O–H groups in total. The first-order valence-corrected chi connectivity index (χ1v) is 10.4. The van der Waals surface area contributed by atoms with E-state index in [1.165, 1.54) is 42.1 Å². The lowest BCUT2D eigenvalue weighted by Crippen LogP contribution is -2.38. The molecule has 2 heterocycles. The normalized spacial score (nSPS) is 15.5. The predicted octanol–water partition coefficient (Wildman–Crippen LogP) is 5.16. The maximum absolute atomic E-state index is 4.35. The minimum Gasteiger partial charge on any atom is -0.372 e. The second-order valence-corrected chi connectivity index (χ2v) is 8.22. The Morgan fingerprint density at radius 1 is 1.31 bits per heavy atom. The molecule has 0 amide bonds. The molecule has 1 atom stereocenters. The molecule has 2 aromatic rings. The molecule has 1 fully saturated rings. The van der Waals surface area contributed by atoms with Crippen LogP contribution in [0.2, 0.25) is 0 Å². The molecule has 1 unspecified atom stereocenters. The number of aliphatic imine (C=N–C) groups is 1. The summed E-state index contributed by atoms with van der Waals surface area (Å²) in [6.07, 6.45) is 2.60. The maximum atomic E-state index is 4.35. The Labute approximate surface area is 185 Å². The highest BCUT2D eigenvalue weighted by atomic mass is 127. The van der Waals surface area contributed by atoms with Gasteiger partial charge in [0.2, 0.25) is 0 Å². The van der Waals surface area contributed by atoms with E-state index in [9.17, 15) is 0 Å². The van der Waals surface area contributed by atoms with Crippen LogP contribution in [0.1, 0.15) is 36.2 Å². The zero-order valence-corrected chi connectivity index (χ0v) is 19.9. The van der Waals surface area contributed by atoms with Gasteiger partial charge in [0, 0.05) is 40.6 Å². The van der Waals surface area contributed by atoms with Crippen LogP contribution < -0.4 is 15.5 Å². The molecule has 4 nitrogen and oxygen atoms in total. The fraction of sp³-hybridized carbons (Fsp3) is 0.421. The quantitative estimate of drug-likeness (QED) is 0.308. The fourth-order valence-corrected chi connectivity index (χ4v) is 4.46. The lowest BCUT2D eigenvalue weighted by Gasteiger charge is -2.22. The second kappa shape index (κ2) is 10.5. The van der Waals surface area contributed by atoms with Crippen LogP contribution in [0.3, 0.4) is 0 Å². The maximum Gasteiger partial charge on any atom is 0.191 e. The van der Waals surface area contributed by atoms with Gasteiger partial charge in [-0.05, 0) is 59.5 Å². The summed E-state index contributed by atoms with van der Waals surface area (Å²) in [6, 6.07) is 11.2. The number of nitrogens with zero attached hydrogens (tertiary/aromatic N) is 2. The number of benzene rings is 1. The summed E-state index contributed by atoms with van der Waals surface area (Å²) in [6.45, 7) is 5.30. The molecule has 1 aromatic carbocycles. The van der Waals surface area contributed by atoms with Crippen LogP contribution in [0.5, 0.6) is 0 Å². The third-order valence-electron chi connectivity index (χ3n) is 4.47. The predicted molar refractivity (Wildman–Crippen MR) is 127 cm³/mol. The molecular weight excluding hydrogens is 523 g/mol. The minimum absolute atomic E-state index is 0. The van der Waals surface area contributed by atoms with Crippen LogP contribution in [0.15, 0.2) is 45.2 Å². The van der Waals surface area contributed by atoms with E-state index < -0.39 is 0 Å². The molecule has 3 rings (SSSR count). The van der Waals surface area contributed by atoms with Gasteiger partial charge < -0.3 is 15.5 Å². The molecule has 1 aliphatic heterocycles. The highest BCUT2D eigenvalue weighted by molar-refractivity contribution is 14.0. The Hall–Kier alpha value is -0.800. The van der Waals surface area contributed by atoms with Gasteiger partial charge in [-0.15, -0.1) is 35.3 Å². The molecule has 0 spiro atoms. The Morgan fingerprint density at radius 2 is 2.08 bits per heavy atom.